The van der Waals surface area contributed by atoms with Crippen LogP contribution in [0.25, 0.3) is 10.8 Å². The van der Waals surface area contributed by atoms with Crippen molar-refractivity contribution in [1.29, 1.82) is 0 Å². The Balaban J connectivity index is 1.96. The molecular formula is C20H21NO. The largest absolute Gasteiger partial charge is 0.388 e. The molecule has 0 aliphatic heterocycles. The summed E-state index contributed by atoms with van der Waals surface area (Å²) in [6.45, 7) is 0.734. The lowest BCUT2D eigenvalue weighted by atomic mass is 9.88. The molecule has 0 amide bonds. The van der Waals surface area contributed by atoms with Crippen LogP contribution in [0.5, 0.6) is 0 Å². The van der Waals surface area contributed by atoms with Crippen LogP contribution in [0, 0.1) is 0 Å². The third kappa shape index (κ3) is 3.03. The van der Waals surface area contributed by atoms with Crippen LogP contribution < -0.4 is 5.32 Å². The average molecular weight is 291 g/mol. The van der Waals surface area contributed by atoms with Gasteiger partial charge in [0.2, 0.25) is 0 Å². The van der Waals surface area contributed by atoms with E-state index in [0.717, 1.165) is 23.1 Å². The monoisotopic (exact) mass is 291 g/mol. The molecule has 2 atom stereocenters. The highest BCUT2D eigenvalue weighted by Crippen LogP contribution is 2.32. The van der Waals surface area contributed by atoms with Gasteiger partial charge in [0.25, 0.3) is 0 Å². The normalized spacial score (nSPS) is 13.9. The number of hydrogen-bond donors (Lipinski definition) is 2. The topological polar surface area (TPSA) is 32.3 Å². The molecule has 2 N–H and O–H groups in total. The van der Waals surface area contributed by atoms with Crippen molar-refractivity contribution in [2.45, 2.75) is 12.0 Å². The number of fused-ring (bicyclic) bond motifs is 1. The highest BCUT2D eigenvalue weighted by molar-refractivity contribution is 5.83. The Bertz CT molecular complexity index is 739. The number of nitrogens with one attached hydrogen (secondary N) is 1. The van der Waals surface area contributed by atoms with Gasteiger partial charge >= 0.3 is 0 Å². The Kier molecular flexibility index (Phi) is 4.52. The minimum Gasteiger partial charge on any atom is -0.388 e. The van der Waals surface area contributed by atoms with Crippen molar-refractivity contribution in [3.63, 3.8) is 0 Å². The highest BCUT2D eigenvalue weighted by Gasteiger charge is 2.22. The Morgan fingerprint density at radius 1 is 0.818 bits per heavy atom. The number of aliphatic hydroxyl groups excluding tert-OH is 1. The summed E-state index contributed by atoms with van der Waals surface area (Å²) in [5.41, 5.74) is 2.11. The molecule has 0 fully saturated rings. The summed E-state index contributed by atoms with van der Waals surface area (Å²) in [6, 6.07) is 24.6. The van der Waals surface area contributed by atoms with E-state index in [4.69, 9.17) is 0 Å². The van der Waals surface area contributed by atoms with Crippen LogP contribution in [0.4, 0.5) is 0 Å². The van der Waals surface area contributed by atoms with Crippen LogP contribution in [-0.4, -0.2) is 18.7 Å². The van der Waals surface area contributed by atoms with Gasteiger partial charge in [-0.1, -0.05) is 66.7 Å². The van der Waals surface area contributed by atoms with Crippen LogP contribution in [0.3, 0.4) is 0 Å². The second-order valence-electron chi connectivity index (χ2n) is 5.63. The molecule has 0 aliphatic rings. The number of benzene rings is 3. The van der Waals surface area contributed by atoms with Gasteiger partial charge in [-0.3, -0.25) is 0 Å². The van der Waals surface area contributed by atoms with Crippen LogP contribution in [0.15, 0.2) is 72.8 Å². The quantitative estimate of drug-likeness (QED) is 0.748. The summed E-state index contributed by atoms with van der Waals surface area (Å²) in [4.78, 5) is 0. The maximum absolute atomic E-state index is 10.9. The first kappa shape index (κ1) is 14.8. The SMILES string of the molecule is CNC[C@H](c1ccccc1)[C@@H](O)c1ccc2ccccc2c1. The zero-order valence-electron chi connectivity index (χ0n) is 12.7. The number of likely N-dealkylation sites (N-methyl/N-ethyl adjacent to an activating group) is 1. The molecule has 3 aromatic rings. The second-order valence-corrected chi connectivity index (χ2v) is 5.63. The van der Waals surface area contributed by atoms with E-state index >= 15 is 0 Å². The molecule has 0 radical (unpaired) electrons. The molecule has 0 spiro atoms. The fourth-order valence-electron chi connectivity index (χ4n) is 2.96. The lowest BCUT2D eigenvalue weighted by Crippen LogP contribution is -2.23. The van der Waals surface area contributed by atoms with Crippen molar-refractivity contribution in [2.24, 2.45) is 0 Å². The van der Waals surface area contributed by atoms with E-state index in [1.165, 1.54) is 5.39 Å². The fourth-order valence-corrected chi connectivity index (χ4v) is 2.96. The Morgan fingerprint density at radius 3 is 2.23 bits per heavy atom. The molecule has 0 bridgehead atoms. The first-order valence-corrected chi connectivity index (χ1v) is 7.66. The van der Waals surface area contributed by atoms with Gasteiger partial charge in [0.15, 0.2) is 0 Å². The Hall–Kier alpha value is -2.16. The lowest BCUT2D eigenvalue weighted by molar-refractivity contribution is 0.144. The van der Waals surface area contributed by atoms with Gasteiger partial charge < -0.3 is 10.4 Å². The third-order valence-electron chi connectivity index (χ3n) is 4.15. The number of hydrogen-bond acceptors (Lipinski definition) is 2. The van der Waals surface area contributed by atoms with Crippen molar-refractivity contribution in [1.82, 2.24) is 5.32 Å². The van der Waals surface area contributed by atoms with E-state index < -0.39 is 6.10 Å². The van der Waals surface area contributed by atoms with Gasteiger partial charge in [-0.2, -0.15) is 0 Å². The molecule has 112 valence electrons. The second kappa shape index (κ2) is 6.73. The molecule has 0 aromatic heterocycles. The summed E-state index contributed by atoms with van der Waals surface area (Å²) in [6.07, 6.45) is -0.528. The molecule has 0 aliphatic carbocycles. The number of aliphatic hydroxyl groups is 1. The van der Waals surface area contributed by atoms with Crippen LogP contribution >= 0.6 is 0 Å². The molecular weight excluding hydrogens is 270 g/mol. The predicted octanol–water partition coefficient (Wildman–Crippen LogP) is 3.88. The van der Waals surface area contributed by atoms with E-state index in [2.05, 4.69) is 41.7 Å². The smallest absolute Gasteiger partial charge is 0.0870 e. The van der Waals surface area contributed by atoms with Crippen LogP contribution in [0.1, 0.15) is 23.1 Å². The summed E-state index contributed by atoms with van der Waals surface area (Å²) in [5, 5.41) is 16.4. The minimum absolute atomic E-state index is 0.0346. The van der Waals surface area contributed by atoms with Crippen LogP contribution in [-0.2, 0) is 0 Å². The zero-order chi connectivity index (χ0) is 15.4. The maximum atomic E-state index is 10.9. The highest BCUT2D eigenvalue weighted by atomic mass is 16.3. The van der Waals surface area contributed by atoms with Crippen molar-refractivity contribution < 1.29 is 5.11 Å². The van der Waals surface area contributed by atoms with Gasteiger partial charge in [-0.15, -0.1) is 0 Å². The summed E-state index contributed by atoms with van der Waals surface area (Å²) in [7, 11) is 1.92. The van der Waals surface area contributed by atoms with Gasteiger partial charge in [-0.05, 0) is 35.0 Å². The van der Waals surface area contributed by atoms with E-state index in [0.29, 0.717) is 0 Å². The van der Waals surface area contributed by atoms with Crippen molar-refractivity contribution in [3.8, 4) is 0 Å². The molecule has 0 saturated carbocycles. The molecule has 0 saturated heterocycles. The van der Waals surface area contributed by atoms with Crippen LogP contribution in [0.2, 0.25) is 0 Å². The van der Waals surface area contributed by atoms with E-state index in [9.17, 15) is 5.11 Å². The van der Waals surface area contributed by atoms with E-state index in [1.807, 2.05) is 43.4 Å². The lowest BCUT2D eigenvalue weighted by Gasteiger charge is -2.24. The Labute approximate surface area is 131 Å². The van der Waals surface area contributed by atoms with Crippen molar-refractivity contribution in [3.05, 3.63) is 83.9 Å². The summed E-state index contributed by atoms with van der Waals surface area (Å²) < 4.78 is 0. The molecule has 0 heterocycles. The van der Waals surface area contributed by atoms with Gasteiger partial charge in [-0.25, -0.2) is 0 Å². The minimum atomic E-state index is -0.528. The maximum Gasteiger partial charge on any atom is 0.0870 e. The standard InChI is InChI=1S/C20H21NO/c1-21-14-19(16-8-3-2-4-9-16)20(22)18-12-11-15-7-5-6-10-17(15)13-18/h2-13,19-22H,14H2,1H3/t19-,20+/m1/s1. The summed E-state index contributed by atoms with van der Waals surface area (Å²) >= 11 is 0. The van der Waals surface area contributed by atoms with E-state index in [1.54, 1.807) is 0 Å². The fraction of sp³-hybridized carbons (Fsp3) is 0.200. The molecule has 2 heteroatoms. The van der Waals surface area contributed by atoms with Crippen molar-refractivity contribution >= 4 is 10.8 Å². The van der Waals surface area contributed by atoms with Gasteiger partial charge in [0.1, 0.15) is 0 Å². The predicted molar refractivity (Wildman–Crippen MR) is 92.0 cm³/mol. The first-order chi connectivity index (χ1) is 10.8. The zero-order valence-corrected chi connectivity index (χ0v) is 12.7. The van der Waals surface area contributed by atoms with Gasteiger partial charge in [0.05, 0.1) is 6.10 Å². The first-order valence-electron chi connectivity index (χ1n) is 7.66. The average Bonchev–Trinajstić information content (AvgIpc) is 2.59. The molecule has 3 aromatic carbocycles. The van der Waals surface area contributed by atoms with Gasteiger partial charge in [0, 0.05) is 12.5 Å². The number of rotatable bonds is 5. The summed E-state index contributed by atoms with van der Waals surface area (Å²) in [5.74, 6) is 0.0346. The van der Waals surface area contributed by atoms with Crippen molar-refractivity contribution in [2.75, 3.05) is 13.6 Å². The Morgan fingerprint density at radius 2 is 1.50 bits per heavy atom. The molecule has 3 rings (SSSR count). The molecule has 2 nitrogen and oxygen atoms in total. The van der Waals surface area contributed by atoms with E-state index in [-0.39, 0.29) is 5.92 Å². The molecule has 22 heavy (non-hydrogen) atoms. The third-order valence-corrected chi connectivity index (χ3v) is 4.15. The molecule has 0 unspecified atom stereocenters.